The standard InChI is InChI=1S/C11H15ClFN3O2/c1-2-3-7(6-14)15-10-4-8(12)9(13)5-11(10)16(17)18/h4-5,7,15H,2-3,6,14H2,1H3. The van der Waals surface area contributed by atoms with Crippen LogP contribution in [0.4, 0.5) is 15.8 Å². The zero-order valence-electron chi connectivity index (χ0n) is 9.95. The highest BCUT2D eigenvalue weighted by atomic mass is 35.5. The molecular formula is C11H15ClFN3O2. The number of nitrogens with zero attached hydrogens (tertiary/aromatic N) is 1. The third-order valence-electron chi connectivity index (χ3n) is 2.52. The third-order valence-corrected chi connectivity index (χ3v) is 2.81. The van der Waals surface area contributed by atoms with Crippen molar-refractivity contribution < 1.29 is 9.31 Å². The second kappa shape index (κ2) is 6.51. The predicted octanol–water partition coefficient (Wildman–Crippen LogP) is 2.93. The number of hydrogen-bond donors (Lipinski definition) is 2. The maximum atomic E-state index is 13.2. The first-order valence-electron chi connectivity index (χ1n) is 5.59. The Morgan fingerprint density at radius 3 is 2.78 bits per heavy atom. The molecule has 1 rings (SSSR count). The summed E-state index contributed by atoms with van der Waals surface area (Å²) in [5.41, 5.74) is 5.41. The quantitative estimate of drug-likeness (QED) is 0.618. The van der Waals surface area contributed by atoms with Crippen molar-refractivity contribution in [3.05, 3.63) is 33.1 Å². The molecule has 0 aliphatic carbocycles. The summed E-state index contributed by atoms with van der Waals surface area (Å²) in [4.78, 5) is 10.2. The Hall–Kier alpha value is -1.40. The van der Waals surface area contributed by atoms with E-state index in [-0.39, 0.29) is 22.4 Å². The fraction of sp³-hybridized carbons (Fsp3) is 0.455. The summed E-state index contributed by atoms with van der Waals surface area (Å²) in [6.07, 6.45) is 1.65. The first-order valence-corrected chi connectivity index (χ1v) is 5.97. The number of halogens is 2. The Balaban J connectivity index is 3.06. The van der Waals surface area contributed by atoms with Crippen LogP contribution in [-0.2, 0) is 0 Å². The van der Waals surface area contributed by atoms with Crippen molar-refractivity contribution >= 4 is 23.0 Å². The third kappa shape index (κ3) is 3.54. The van der Waals surface area contributed by atoms with Gasteiger partial charge in [0.2, 0.25) is 0 Å². The first kappa shape index (κ1) is 14.7. The molecule has 0 saturated carbocycles. The maximum Gasteiger partial charge on any atom is 0.295 e. The Bertz CT molecular complexity index is 443. The number of benzene rings is 1. The van der Waals surface area contributed by atoms with Gasteiger partial charge in [-0.2, -0.15) is 0 Å². The summed E-state index contributed by atoms with van der Waals surface area (Å²) < 4.78 is 13.2. The average Bonchev–Trinajstić information content (AvgIpc) is 2.32. The van der Waals surface area contributed by atoms with Crippen LogP contribution >= 0.6 is 11.6 Å². The number of nitrogens with one attached hydrogen (secondary N) is 1. The number of rotatable bonds is 6. The summed E-state index contributed by atoms with van der Waals surface area (Å²) >= 11 is 5.63. The molecule has 1 aromatic carbocycles. The number of hydrogen-bond acceptors (Lipinski definition) is 4. The molecule has 5 nitrogen and oxygen atoms in total. The molecule has 0 aliphatic heterocycles. The highest BCUT2D eigenvalue weighted by Gasteiger charge is 2.19. The van der Waals surface area contributed by atoms with E-state index in [2.05, 4.69) is 5.32 Å². The summed E-state index contributed by atoms with van der Waals surface area (Å²) in [5.74, 6) is -0.811. The lowest BCUT2D eigenvalue weighted by Gasteiger charge is -2.17. The normalized spacial score (nSPS) is 12.2. The van der Waals surface area contributed by atoms with Gasteiger partial charge in [0.15, 0.2) is 0 Å². The van der Waals surface area contributed by atoms with Crippen molar-refractivity contribution in [2.45, 2.75) is 25.8 Å². The van der Waals surface area contributed by atoms with Gasteiger partial charge in [-0.3, -0.25) is 10.1 Å². The monoisotopic (exact) mass is 275 g/mol. The molecule has 0 saturated heterocycles. The number of nitro benzene ring substituents is 1. The molecule has 3 N–H and O–H groups in total. The second-order valence-electron chi connectivity index (χ2n) is 3.91. The minimum Gasteiger partial charge on any atom is -0.375 e. The lowest BCUT2D eigenvalue weighted by atomic mass is 10.1. The topological polar surface area (TPSA) is 81.2 Å². The van der Waals surface area contributed by atoms with Gasteiger partial charge in [0.25, 0.3) is 5.69 Å². The van der Waals surface area contributed by atoms with Crippen molar-refractivity contribution in [3.63, 3.8) is 0 Å². The Morgan fingerprint density at radius 2 is 2.28 bits per heavy atom. The molecule has 7 heteroatoms. The van der Waals surface area contributed by atoms with Crippen LogP contribution in [0.25, 0.3) is 0 Å². The van der Waals surface area contributed by atoms with E-state index in [1.165, 1.54) is 6.07 Å². The van der Waals surface area contributed by atoms with Crippen LogP contribution in [0.3, 0.4) is 0 Å². The van der Waals surface area contributed by atoms with E-state index in [9.17, 15) is 14.5 Å². The van der Waals surface area contributed by atoms with E-state index >= 15 is 0 Å². The Kier molecular flexibility index (Phi) is 5.30. The van der Waals surface area contributed by atoms with Gasteiger partial charge in [-0.1, -0.05) is 24.9 Å². The molecule has 0 radical (unpaired) electrons. The molecule has 0 fully saturated rings. The summed E-state index contributed by atoms with van der Waals surface area (Å²) in [7, 11) is 0. The molecule has 1 atom stereocenters. The first-order chi connectivity index (χ1) is 8.49. The second-order valence-corrected chi connectivity index (χ2v) is 4.31. The van der Waals surface area contributed by atoms with E-state index in [1.807, 2.05) is 6.92 Å². The SMILES string of the molecule is CCCC(CN)Nc1cc(Cl)c(F)cc1[N+](=O)[O-]. The summed E-state index contributed by atoms with van der Waals surface area (Å²) in [5, 5.41) is 13.6. The van der Waals surface area contributed by atoms with Crippen molar-refractivity contribution in [1.82, 2.24) is 0 Å². The predicted molar refractivity (Wildman–Crippen MR) is 69.4 cm³/mol. The largest absolute Gasteiger partial charge is 0.375 e. The minimum atomic E-state index is -0.811. The molecule has 0 heterocycles. The van der Waals surface area contributed by atoms with E-state index in [0.717, 1.165) is 18.9 Å². The van der Waals surface area contributed by atoms with Crippen LogP contribution in [0, 0.1) is 15.9 Å². The molecule has 1 unspecified atom stereocenters. The molecule has 18 heavy (non-hydrogen) atoms. The molecule has 0 bridgehead atoms. The van der Waals surface area contributed by atoms with Crippen molar-refractivity contribution in [2.24, 2.45) is 5.73 Å². The zero-order chi connectivity index (χ0) is 13.7. The van der Waals surface area contributed by atoms with Gasteiger partial charge < -0.3 is 11.1 Å². The minimum absolute atomic E-state index is 0.102. The lowest BCUT2D eigenvalue weighted by molar-refractivity contribution is -0.384. The van der Waals surface area contributed by atoms with Gasteiger partial charge in [0, 0.05) is 12.6 Å². The van der Waals surface area contributed by atoms with E-state index in [4.69, 9.17) is 17.3 Å². The lowest BCUT2D eigenvalue weighted by Crippen LogP contribution is -2.28. The molecular weight excluding hydrogens is 261 g/mol. The van der Waals surface area contributed by atoms with E-state index in [0.29, 0.717) is 6.54 Å². The highest BCUT2D eigenvalue weighted by Crippen LogP contribution is 2.30. The Morgan fingerprint density at radius 1 is 1.61 bits per heavy atom. The number of anilines is 1. The smallest absolute Gasteiger partial charge is 0.295 e. The zero-order valence-corrected chi connectivity index (χ0v) is 10.7. The maximum absolute atomic E-state index is 13.2. The summed E-state index contributed by atoms with van der Waals surface area (Å²) in [6.45, 7) is 2.32. The highest BCUT2D eigenvalue weighted by molar-refractivity contribution is 6.31. The fourth-order valence-corrected chi connectivity index (χ4v) is 1.78. The van der Waals surface area contributed by atoms with Crippen LogP contribution in [0.15, 0.2) is 12.1 Å². The fourth-order valence-electron chi connectivity index (χ4n) is 1.62. The van der Waals surface area contributed by atoms with Crippen LogP contribution in [0.1, 0.15) is 19.8 Å². The van der Waals surface area contributed by atoms with Gasteiger partial charge in [-0.05, 0) is 12.5 Å². The number of nitro groups is 1. The van der Waals surface area contributed by atoms with Gasteiger partial charge in [-0.25, -0.2) is 4.39 Å². The van der Waals surface area contributed by atoms with Crippen LogP contribution in [-0.4, -0.2) is 17.5 Å². The van der Waals surface area contributed by atoms with E-state index < -0.39 is 10.7 Å². The van der Waals surface area contributed by atoms with Gasteiger partial charge in [-0.15, -0.1) is 0 Å². The van der Waals surface area contributed by atoms with Gasteiger partial charge in [0.1, 0.15) is 11.5 Å². The van der Waals surface area contributed by atoms with Crippen molar-refractivity contribution in [2.75, 3.05) is 11.9 Å². The molecule has 0 aliphatic rings. The summed E-state index contributed by atoms with van der Waals surface area (Å²) in [6, 6.07) is 1.92. The average molecular weight is 276 g/mol. The van der Waals surface area contributed by atoms with E-state index in [1.54, 1.807) is 0 Å². The molecule has 0 aromatic heterocycles. The molecule has 100 valence electrons. The molecule has 0 amide bonds. The van der Waals surface area contributed by atoms with Crippen molar-refractivity contribution in [3.8, 4) is 0 Å². The molecule has 1 aromatic rings. The number of nitrogens with two attached hydrogens (primary N) is 1. The molecule has 0 spiro atoms. The Labute approximate surface area is 109 Å². The van der Waals surface area contributed by atoms with Crippen molar-refractivity contribution in [1.29, 1.82) is 0 Å². The van der Waals surface area contributed by atoms with Crippen LogP contribution in [0.2, 0.25) is 5.02 Å². The van der Waals surface area contributed by atoms with Crippen LogP contribution < -0.4 is 11.1 Å². The van der Waals surface area contributed by atoms with Gasteiger partial charge >= 0.3 is 0 Å². The van der Waals surface area contributed by atoms with Crippen LogP contribution in [0.5, 0.6) is 0 Å². The van der Waals surface area contributed by atoms with Gasteiger partial charge in [0.05, 0.1) is 16.0 Å².